The van der Waals surface area contributed by atoms with E-state index in [-0.39, 0.29) is 10.9 Å². The molecule has 19 heavy (non-hydrogen) atoms. The number of aryl methyl sites for hydroxylation is 1. The van der Waals surface area contributed by atoms with Crippen LogP contribution in [0.5, 0.6) is 0 Å². The second-order valence-corrected chi connectivity index (χ2v) is 6.40. The van der Waals surface area contributed by atoms with Crippen molar-refractivity contribution in [3.05, 3.63) is 29.8 Å². The van der Waals surface area contributed by atoms with Crippen molar-refractivity contribution in [2.75, 3.05) is 6.54 Å². The summed E-state index contributed by atoms with van der Waals surface area (Å²) < 4.78 is 25.9. The van der Waals surface area contributed by atoms with Gasteiger partial charge in [0.1, 0.15) is 6.54 Å². The number of sulfonamides is 1. The summed E-state index contributed by atoms with van der Waals surface area (Å²) in [6.07, 6.45) is 0.554. The molecule has 5 nitrogen and oxygen atoms in total. The van der Waals surface area contributed by atoms with Crippen molar-refractivity contribution in [2.45, 2.75) is 38.1 Å². The van der Waals surface area contributed by atoms with E-state index in [0.29, 0.717) is 6.42 Å². The third-order valence-electron chi connectivity index (χ3n) is 3.00. The molecule has 0 aromatic heterocycles. The Morgan fingerprint density at radius 3 is 2.26 bits per heavy atom. The number of carboxylic acids is 1. The Kier molecular flexibility index (Phi) is 5.08. The van der Waals surface area contributed by atoms with Gasteiger partial charge in [-0.1, -0.05) is 24.6 Å². The van der Waals surface area contributed by atoms with Crippen molar-refractivity contribution in [1.29, 1.82) is 0 Å². The summed E-state index contributed by atoms with van der Waals surface area (Å²) in [5, 5.41) is 8.88. The first-order chi connectivity index (χ1) is 8.78. The van der Waals surface area contributed by atoms with Crippen LogP contribution in [-0.4, -0.2) is 36.4 Å². The minimum Gasteiger partial charge on any atom is -0.480 e. The van der Waals surface area contributed by atoms with Crippen LogP contribution in [0.1, 0.15) is 25.8 Å². The highest BCUT2D eigenvalue weighted by Gasteiger charge is 2.29. The Balaban J connectivity index is 3.18. The molecule has 1 N–H and O–H groups in total. The molecule has 0 saturated carbocycles. The molecule has 0 saturated heterocycles. The lowest BCUT2D eigenvalue weighted by Crippen LogP contribution is -2.41. The maximum atomic E-state index is 12.4. The predicted molar refractivity (Wildman–Crippen MR) is 72.5 cm³/mol. The first-order valence-electron chi connectivity index (χ1n) is 6.09. The van der Waals surface area contributed by atoms with E-state index >= 15 is 0 Å². The van der Waals surface area contributed by atoms with Crippen LogP contribution in [0.3, 0.4) is 0 Å². The molecule has 1 aromatic rings. The third kappa shape index (κ3) is 3.78. The zero-order chi connectivity index (χ0) is 14.6. The van der Waals surface area contributed by atoms with Gasteiger partial charge >= 0.3 is 5.97 Å². The van der Waals surface area contributed by atoms with Crippen molar-refractivity contribution in [3.8, 4) is 0 Å². The van der Waals surface area contributed by atoms with E-state index in [1.54, 1.807) is 19.1 Å². The second kappa shape index (κ2) is 6.16. The van der Waals surface area contributed by atoms with Crippen LogP contribution in [0.25, 0.3) is 0 Å². The molecule has 0 heterocycles. The molecule has 1 atom stereocenters. The fourth-order valence-corrected chi connectivity index (χ4v) is 3.31. The van der Waals surface area contributed by atoms with E-state index in [1.165, 1.54) is 12.1 Å². The van der Waals surface area contributed by atoms with Crippen molar-refractivity contribution in [2.24, 2.45) is 0 Å². The number of aliphatic carboxylic acids is 1. The summed E-state index contributed by atoms with van der Waals surface area (Å²) in [4.78, 5) is 11.0. The standard InChI is InChI=1S/C13H19NO4S/c1-4-11(3)14(9-13(15)16)19(17,18)12-7-5-10(2)6-8-12/h5-8,11H,4,9H2,1-3H3,(H,15,16). The molecule has 1 aromatic carbocycles. The van der Waals surface area contributed by atoms with E-state index in [0.717, 1.165) is 9.87 Å². The van der Waals surface area contributed by atoms with Gasteiger partial charge in [0.2, 0.25) is 10.0 Å². The predicted octanol–water partition coefficient (Wildman–Crippen LogP) is 1.87. The summed E-state index contributed by atoms with van der Waals surface area (Å²) in [5.41, 5.74) is 0.951. The smallest absolute Gasteiger partial charge is 0.318 e. The van der Waals surface area contributed by atoms with Gasteiger partial charge in [-0.25, -0.2) is 8.42 Å². The van der Waals surface area contributed by atoms with Gasteiger partial charge < -0.3 is 5.11 Å². The van der Waals surface area contributed by atoms with Crippen molar-refractivity contribution in [3.63, 3.8) is 0 Å². The summed E-state index contributed by atoms with van der Waals surface area (Å²) in [7, 11) is -3.77. The highest BCUT2D eigenvalue weighted by atomic mass is 32.2. The lowest BCUT2D eigenvalue weighted by molar-refractivity contribution is -0.137. The van der Waals surface area contributed by atoms with E-state index in [4.69, 9.17) is 5.11 Å². The number of benzene rings is 1. The first kappa shape index (κ1) is 15.7. The molecule has 1 unspecified atom stereocenters. The molecule has 6 heteroatoms. The normalized spacial score (nSPS) is 13.5. The zero-order valence-electron chi connectivity index (χ0n) is 11.3. The third-order valence-corrected chi connectivity index (χ3v) is 4.98. The van der Waals surface area contributed by atoms with Crippen LogP contribution in [0.15, 0.2) is 29.2 Å². The molecule has 106 valence electrons. The quantitative estimate of drug-likeness (QED) is 0.865. The topological polar surface area (TPSA) is 74.7 Å². The maximum absolute atomic E-state index is 12.4. The Labute approximate surface area is 113 Å². The van der Waals surface area contributed by atoms with Crippen LogP contribution in [-0.2, 0) is 14.8 Å². The summed E-state index contributed by atoms with van der Waals surface area (Å²) in [6.45, 7) is 4.87. The Hall–Kier alpha value is -1.40. The molecule has 0 aliphatic carbocycles. The van der Waals surface area contributed by atoms with Crippen molar-refractivity contribution >= 4 is 16.0 Å². The number of rotatable bonds is 6. The molecular formula is C13H19NO4S. The Morgan fingerprint density at radius 2 is 1.84 bits per heavy atom. The Bertz CT molecular complexity index is 536. The average Bonchev–Trinajstić information content (AvgIpc) is 2.35. The van der Waals surface area contributed by atoms with Gasteiger partial charge in [-0.3, -0.25) is 4.79 Å². The van der Waals surface area contributed by atoms with Gasteiger partial charge in [0.05, 0.1) is 4.90 Å². The summed E-state index contributed by atoms with van der Waals surface area (Å²) in [5.74, 6) is -1.16. The van der Waals surface area contributed by atoms with Gasteiger partial charge in [-0.2, -0.15) is 4.31 Å². The summed E-state index contributed by atoms with van der Waals surface area (Å²) >= 11 is 0. The van der Waals surface area contributed by atoms with Crippen LogP contribution >= 0.6 is 0 Å². The van der Waals surface area contributed by atoms with E-state index in [9.17, 15) is 13.2 Å². The van der Waals surface area contributed by atoms with Crippen LogP contribution < -0.4 is 0 Å². The minimum atomic E-state index is -3.77. The van der Waals surface area contributed by atoms with Crippen LogP contribution in [0, 0.1) is 6.92 Å². The lowest BCUT2D eigenvalue weighted by atomic mass is 10.2. The molecule has 0 bridgehead atoms. The lowest BCUT2D eigenvalue weighted by Gasteiger charge is -2.26. The first-order valence-corrected chi connectivity index (χ1v) is 7.53. The zero-order valence-corrected chi connectivity index (χ0v) is 12.1. The molecule has 0 aliphatic heterocycles. The maximum Gasteiger partial charge on any atom is 0.318 e. The molecule has 0 amide bonds. The second-order valence-electron chi connectivity index (χ2n) is 4.51. The van der Waals surface area contributed by atoms with Gasteiger partial charge in [-0.15, -0.1) is 0 Å². The highest BCUT2D eigenvalue weighted by molar-refractivity contribution is 7.89. The van der Waals surface area contributed by atoms with Gasteiger partial charge in [0.25, 0.3) is 0 Å². The van der Waals surface area contributed by atoms with E-state index in [1.807, 2.05) is 13.8 Å². The fraction of sp³-hybridized carbons (Fsp3) is 0.462. The SMILES string of the molecule is CCC(C)N(CC(=O)O)S(=O)(=O)c1ccc(C)cc1. The number of hydrogen-bond acceptors (Lipinski definition) is 3. The van der Waals surface area contributed by atoms with E-state index in [2.05, 4.69) is 0 Å². The molecule has 0 spiro atoms. The number of carboxylic acid groups (broad SMARTS) is 1. The molecule has 0 fully saturated rings. The van der Waals surface area contributed by atoms with E-state index < -0.39 is 22.5 Å². The van der Waals surface area contributed by atoms with Gasteiger partial charge in [0, 0.05) is 6.04 Å². The van der Waals surface area contributed by atoms with Crippen molar-refractivity contribution < 1.29 is 18.3 Å². The van der Waals surface area contributed by atoms with Crippen LogP contribution in [0.4, 0.5) is 0 Å². The fourth-order valence-electron chi connectivity index (χ4n) is 1.66. The number of hydrogen-bond donors (Lipinski definition) is 1. The largest absolute Gasteiger partial charge is 0.480 e. The molecule has 1 rings (SSSR count). The van der Waals surface area contributed by atoms with Gasteiger partial charge in [-0.05, 0) is 32.4 Å². The Morgan fingerprint density at radius 1 is 1.32 bits per heavy atom. The van der Waals surface area contributed by atoms with Gasteiger partial charge in [0.15, 0.2) is 0 Å². The average molecular weight is 285 g/mol. The van der Waals surface area contributed by atoms with Crippen LogP contribution in [0.2, 0.25) is 0 Å². The highest BCUT2D eigenvalue weighted by Crippen LogP contribution is 2.19. The van der Waals surface area contributed by atoms with Crippen molar-refractivity contribution in [1.82, 2.24) is 4.31 Å². The minimum absolute atomic E-state index is 0.125. The molecule has 0 aliphatic rings. The summed E-state index contributed by atoms with van der Waals surface area (Å²) in [6, 6.07) is 6.04. The number of nitrogens with zero attached hydrogens (tertiary/aromatic N) is 1. The molecule has 0 radical (unpaired) electrons. The monoisotopic (exact) mass is 285 g/mol. The molecular weight excluding hydrogens is 266 g/mol. The number of carbonyl (C=O) groups is 1.